The van der Waals surface area contributed by atoms with Crippen LogP contribution < -0.4 is 5.32 Å². The SMILES string of the molecule is CC(CN(C)C(=O)C1CCCN1C(=O)OC(C)(C)C)NC(=O)OC(C)(C)C. The van der Waals surface area contributed by atoms with E-state index in [2.05, 4.69) is 5.32 Å². The van der Waals surface area contributed by atoms with Crippen molar-refractivity contribution in [3.05, 3.63) is 0 Å². The maximum atomic E-state index is 12.8. The number of alkyl carbamates (subject to hydrolysis) is 1. The van der Waals surface area contributed by atoms with Crippen molar-refractivity contribution in [3.63, 3.8) is 0 Å². The molecular formula is C19H35N3O5. The van der Waals surface area contributed by atoms with Gasteiger partial charge in [-0.25, -0.2) is 9.59 Å². The van der Waals surface area contributed by atoms with E-state index in [1.807, 2.05) is 0 Å². The molecule has 0 aliphatic carbocycles. The van der Waals surface area contributed by atoms with Crippen molar-refractivity contribution >= 4 is 18.1 Å². The van der Waals surface area contributed by atoms with Crippen LogP contribution in [0.1, 0.15) is 61.3 Å². The van der Waals surface area contributed by atoms with Gasteiger partial charge in [-0.1, -0.05) is 0 Å². The molecule has 0 aromatic heterocycles. The van der Waals surface area contributed by atoms with Gasteiger partial charge < -0.3 is 19.7 Å². The van der Waals surface area contributed by atoms with Crippen LogP contribution in [0.15, 0.2) is 0 Å². The highest BCUT2D eigenvalue weighted by atomic mass is 16.6. The molecule has 0 aromatic rings. The van der Waals surface area contributed by atoms with E-state index in [0.717, 1.165) is 6.42 Å². The maximum absolute atomic E-state index is 12.8. The van der Waals surface area contributed by atoms with E-state index in [-0.39, 0.29) is 11.9 Å². The zero-order valence-electron chi connectivity index (χ0n) is 17.9. The number of rotatable bonds is 4. The molecule has 3 amide bonds. The molecule has 1 N–H and O–H groups in total. The summed E-state index contributed by atoms with van der Waals surface area (Å²) < 4.78 is 10.6. The topological polar surface area (TPSA) is 88.2 Å². The van der Waals surface area contributed by atoms with Crippen LogP contribution in [0, 0.1) is 0 Å². The molecule has 0 spiro atoms. The van der Waals surface area contributed by atoms with Gasteiger partial charge in [0.25, 0.3) is 0 Å². The van der Waals surface area contributed by atoms with Crippen molar-refractivity contribution in [2.45, 2.75) is 84.6 Å². The third-order valence-corrected chi connectivity index (χ3v) is 3.85. The minimum absolute atomic E-state index is 0.156. The van der Waals surface area contributed by atoms with Crippen molar-refractivity contribution in [2.24, 2.45) is 0 Å². The Morgan fingerprint density at radius 3 is 2.19 bits per heavy atom. The van der Waals surface area contributed by atoms with E-state index in [0.29, 0.717) is 19.5 Å². The average Bonchev–Trinajstić information content (AvgIpc) is 2.91. The monoisotopic (exact) mass is 385 g/mol. The molecule has 0 saturated carbocycles. The highest BCUT2D eigenvalue weighted by Crippen LogP contribution is 2.22. The van der Waals surface area contributed by atoms with Gasteiger partial charge in [-0.3, -0.25) is 9.69 Å². The Morgan fingerprint density at radius 2 is 1.67 bits per heavy atom. The molecule has 0 aromatic carbocycles. The lowest BCUT2D eigenvalue weighted by Crippen LogP contribution is -2.51. The second-order valence-corrected chi connectivity index (χ2v) is 9.10. The fraction of sp³-hybridized carbons (Fsp3) is 0.842. The summed E-state index contributed by atoms with van der Waals surface area (Å²) in [4.78, 5) is 40.0. The summed E-state index contributed by atoms with van der Waals surface area (Å²) >= 11 is 0. The highest BCUT2D eigenvalue weighted by Gasteiger charge is 2.38. The van der Waals surface area contributed by atoms with E-state index in [9.17, 15) is 14.4 Å². The number of amides is 3. The summed E-state index contributed by atoms with van der Waals surface area (Å²) in [6.45, 7) is 13.4. The Bertz CT molecular complexity index is 551. The van der Waals surface area contributed by atoms with Crippen LogP contribution in [0.5, 0.6) is 0 Å². The highest BCUT2D eigenvalue weighted by molar-refractivity contribution is 5.86. The largest absolute Gasteiger partial charge is 0.444 e. The van der Waals surface area contributed by atoms with Gasteiger partial charge >= 0.3 is 12.2 Å². The number of ether oxygens (including phenoxy) is 2. The van der Waals surface area contributed by atoms with Crippen LogP contribution in [-0.2, 0) is 14.3 Å². The van der Waals surface area contributed by atoms with E-state index in [1.165, 1.54) is 9.80 Å². The Kier molecular flexibility index (Phi) is 7.51. The van der Waals surface area contributed by atoms with Crippen molar-refractivity contribution in [1.82, 2.24) is 15.1 Å². The zero-order valence-corrected chi connectivity index (χ0v) is 17.9. The minimum atomic E-state index is -0.606. The predicted octanol–water partition coefficient (Wildman–Crippen LogP) is 2.76. The van der Waals surface area contributed by atoms with E-state index in [4.69, 9.17) is 9.47 Å². The third kappa shape index (κ3) is 8.05. The summed E-state index contributed by atoms with van der Waals surface area (Å²) in [6.07, 6.45) is 0.379. The number of nitrogens with one attached hydrogen (secondary N) is 1. The van der Waals surface area contributed by atoms with Gasteiger partial charge in [0.1, 0.15) is 17.2 Å². The van der Waals surface area contributed by atoms with Gasteiger partial charge in [-0.05, 0) is 61.3 Å². The Morgan fingerprint density at radius 1 is 1.11 bits per heavy atom. The van der Waals surface area contributed by atoms with Crippen molar-refractivity contribution in [2.75, 3.05) is 20.1 Å². The Hall–Kier alpha value is -1.99. The Balaban J connectivity index is 2.61. The number of hydrogen-bond acceptors (Lipinski definition) is 5. The van der Waals surface area contributed by atoms with Crippen LogP contribution in [-0.4, -0.2) is 71.3 Å². The van der Waals surface area contributed by atoms with E-state index >= 15 is 0 Å². The fourth-order valence-corrected chi connectivity index (χ4v) is 2.87. The van der Waals surface area contributed by atoms with E-state index in [1.54, 1.807) is 55.5 Å². The van der Waals surface area contributed by atoms with Gasteiger partial charge in [-0.15, -0.1) is 0 Å². The predicted molar refractivity (Wildman–Crippen MR) is 102 cm³/mol. The molecule has 1 aliphatic rings. The lowest BCUT2D eigenvalue weighted by molar-refractivity contribution is -0.134. The van der Waals surface area contributed by atoms with Gasteiger partial charge in [-0.2, -0.15) is 0 Å². The molecule has 1 fully saturated rings. The van der Waals surface area contributed by atoms with Crippen LogP contribution in [0.2, 0.25) is 0 Å². The summed E-state index contributed by atoms with van der Waals surface area (Å²) in [5, 5.41) is 2.72. The first-order chi connectivity index (χ1) is 12.2. The summed E-state index contributed by atoms with van der Waals surface area (Å²) in [6, 6.07) is -0.816. The van der Waals surface area contributed by atoms with Crippen molar-refractivity contribution in [3.8, 4) is 0 Å². The molecule has 2 atom stereocenters. The molecule has 2 unspecified atom stereocenters. The molecule has 8 nitrogen and oxygen atoms in total. The number of nitrogens with zero attached hydrogens (tertiary/aromatic N) is 2. The van der Waals surface area contributed by atoms with Crippen LogP contribution in [0.4, 0.5) is 9.59 Å². The first-order valence-corrected chi connectivity index (χ1v) is 9.44. The molecule has 156 valence electrons. The standard InChI is InChI=1S/C19H35N3O5/c1-13(20-16(24)26-18(2,3)4)12-21(8)15(23)14-10-9-11-22(14)17(25)27-19(5,6)7/h13-14H,9-12H2,1-8H3,(H,20,24). The molecular weight excluding hydrogens is 350 g/mol. The third-order valence-electron chi connectivity index (χ3n) is 3.85. The summed E-state index contributed by atoms with van der Waals surface area (Å²) in [5.74, 6) is -0.156. The lowest BCUT2D eigenvalue weighted by atomic mass is 10.2. The van der Waals surface area contributed by atoms with E-state index < -0.39 is 29.4 Å². The second-order valence-electron chi connectivity index (χ2n) is 9.10. The smallest absolute Gasteiger partial charge is 0.410 e. The zero-order chi connectivity index (χ0) is 21.0. The molecule has 1 aliphatic heterocycles. The normalized spacial score (nSPS) is 18.7. The molecule has 27 heavy (non-hydrogen) atoms. The average molecular weight is 386 g/mol. The number of likely N-dealkylation sites (N-methyl/N-ethyl adjacent to an activating group) is 1. The van der Waals surface area contributed by atoms with Crippen molar-refractivity contribution < 1.29 is 23.9 Å². The van der Waals surface area contributed by atoms with Gasteiger partial charge in [0.05, 0.1) is 0 Å². The van der Waals surface area contributed by atoms with Crippen LogP contribution in [0.3, 0.4) is 0 Å². The van der Waals surface area contributed by atoms with Gasteiger partial charge in [0.2, 0.25) is 5.91 Å². The molecule has 1 heterocycles. The first kappa shape index (κ1) is 23.0. The molecule has 1 rings (SSSR count). The van der Waals surface area contributed by atoms with Crippen molar-refractivity contribution in [1.29, 1.82) is 0 Å². The Labute approximate surface area is 162 Å². The van der Waals surface area contributed by atoms with Crippen LogP contribution in [0.25, 0.3) is 0 Å². The lowest BCUT2D eigenvalue weighted by Gasteiger charge is -2.31. The number of hydrogen-bond donors (Lipinski definition) is 1. The van der Waals surface area contributed by atoms with Gasteiger partial charge in [0.15, 0.2) is 0 Å². The fourth-order valence-electron chi connectivity index (χ4n) is 2.87. The maximum Gasteiger partial charge on any atom is 0.410 e. The number of likely N-dealkylation sites (tertiary alicyclic amines) is 1. The van der Waals surface area contributed by atoms with Crippen LogP contribution >= 0.6 is 0 Å². The molecule has 0 bridgehead atoms. The summed E-state index contributed by atoms with van der Waals surface area (Å²) in [7, 11) is 1.67. The summed E-state index contributed by atoms with van der Waals surface area (Å²) in [5.41, 5.74) is -1.19. The van der Waals surface area contributed by atoms with Gasteiger partial charge in [0, 0.05) is 26.2 Å². The number of carbonyl (C=O) groups excluding carboxylic acids is 3. The quantitative estimate of drug-likeness (QED) is 0.804. The molecule has 0 radical (unpaired) electrons. The molecule has 8 heteroatoms. The second kappa shape index (κ2) is 8.80. The minimum Gasteiger partial charge on any atom is -0.444 e. The first-order valence-electron chi connectivity index (χ1n) is 9.44. The molecule has 1 saturated heterocycles. The number of carbonyl (C=O) groups is 3.